The van der Waals surface area contributed by atoms with Crippen LogP contribution >= 0.6 is 15.9 Å². The van der Waals surface area contributed by atoms with E-state index in [1.807, 2.05) is 0 Å². The molecular weight excluding hydrogens is 580 g/mol. The Bertz CT molecular complexity index is 945. The number of ether oxygens (including phenoxy) is 2. The van der Waals surface area contributed by atoms with E-state index in [1.165, 1.54) is 0 Å². The average Bonchev–Trinajstić information content (AvgIpc) is 3.54. The number of carbonyl (C=O) groups is 3. The van der Waals surface area contributed by atoms with Crippen molar-refractivity contribution < 1.29 is 29.0 Å². The SMILES string of the molecule is C=CCN(C)C(=O)[C@H]1[C@H]2C(=O)N(CCCCCCO)C(C(=O)N(CC=C)CCN3CCOCC3)C23CC(Br)[C@@H]1O3. The number of fused-ring (bicyclic) bond motifs is 1. The number of amides is 3. The number of halogens is 1. The van der Waals surface area contributed by atoms with Gasteiger partial charge in [0.25, 0.3) is 0 Å². The zero-order chi connectivity index (χ0) is 28.9. The summed E-state index contributed by atoms with van der Waals surface area (Å²) in [6, 6.07) is -0.806. The highest BCUT2D eigenvalue weighted by atomic mass is 79.9. The van der Waals surface area contributed by atoms with Crippen LogP contribution in [0.25, 0.3) is 0 Å². The Hall–Kier alpha value is -1.79. The Morgan fingerprint density at radius 1 is 1.10 bits per heavy atom. The summed E-state index contributed by atoms with van der Waals surface area (Å²) in [5.74, 6) is -1.83. The number of likely N-dealkylation sites (tertiary alicyclic amines) is 1. The molecule has 4 aliphatic rings. The molecule has 2 bridgehead atoms. The van der Waals surface area contributed by atoms with Crippen LogP contribution < -0.4 is 0 Å². The number of rotatable bonds is 15. The molecule has 3 unspecified atom stereocenters. The van der Waals surface area contributed by atoms with Gasteiger partial charge in [0.15, 0.2) is 0 Å². The van der Waals surface area contributed by atoms with Crippen molar-refractivity contribution in [2.24, 2.45) is 11.8 Å². The first kappa shape index (κ1) is 31.2. The third-order valence-corrected chi connectivity index (χ3v) is 9.69. The van der Waals surface area contributed by atoms with E-state index in [-0.39, 0.29) is 29.2 Å². The highest BCUT2D eigenvalue weighted by molar-refractivity contribution is 9.09. The fourth-order valence-corrected chi connectivity index (χ4v) is 7.87. The van der Waals surface area contributed by atoms with E-state index in [0.29, 0.717) is 65.2 Å². The Balaban J connectivity index is 1.63. The summed E-state index contributed by atoms with van der Waals surface area (Å²) in [5.41, 5.74) is -1.06. The molecule has 4 saturated heterocycles. The van der Waals surface area contributed by atoms with Gasteiger partial charge in [-0.15, -0.1) is 13.2 Å². The number of carbonyl (C=O) groups excluding carboxylic acids is 3. The van der Waals surface area contributed by atoms with Crippen LogP contribution in [0.3, 0.4) is 0 Å². The van der Waals surface area contributed by atoms with Crippen LogP contribution in [0.15, 0.2) is 25.3 Å². The number of unbranched alkanes of at least 4 members (excludes halogenated alkanes) is 3. The van der Waals surface area contributed by atoms with Crippen LogP contribution in [0.1, 0.15) is 32.1 Å². The Morgan fingerprint density at radius 3 is 2.48 bits per heavy atom. The molecule has 3 amide bonds. The van der Waals surface area contributed by atoms with Crippen molar-refractivity contribution in [1.29, 1.82) is 0 Å². The zero-order valence-corrected chi connectivity index (χ0v) is 25.3. The smallest absolute Gasteiger partial charge is 0.248 e. The lowest BCUT2D eigenvalue weighted by Gasteiger charge is -2.38. The van der Waals surface area contributed by atoms with Gasteiger partial charge < -0.3 is 29.3 Å². The topological polar surface area (TPSA) is 103 Å². The van der Waals surface area contributed by atoms with E-state index in [1.54, 1.807) is 33.9 Å². The first-order chi connectivity index (χ1) is 19.3. The molecule has 0 aliphatic carbocycles. The quantitative estimate of drug-likeness (QED) is 0.166. The summed E-state index contributed by atoms with van der Waals surface area (Å²) in [6.07, 6.45) is 6.51. The molecule has 4 aliphatic heterocycles. The second-order valence-electron chi connectivity index (χ2n) is 11.4. The summed E-state index contributed by atoms with van der Waals surface area (Å²) in [4.78, 5) is 49.5. The number of hydrogen-bond acceptors (Lipinski definition) is 7. The van der Waals surface area contributed by atoms with Gasteiger partial charge in [0, 0.05) is 64.3 Å². The van der Waals surface area contributed by atoms with Gasteiger partial charge >= 0.3 is 0 Å². The largest absolute Gasteiger partial charge is 0.396 e. The van der Waals surface area contributed by atoms with Gasteiger partial charge in [0.2, 0.25) is 17.7 Å². The van der Waals surface area contributed by atoms with Crippen LogP contribution in [0.2, 0.25) is 0 Å². The lowest BCUT2D eigenvalue weighted by atomic mass is 9.70. The average molecular weight is 626 g/mol. The van der Waals surface area contributed by atoms with Crippen LogP contribution in [-0.2, 0) is 23.9 Å². The van der Waals surface area contributed by atoms with Crippen molar-refractivity contribution in [3.63, 3.8) is 0 Å². The Morgan fingerprint density at radius 2 is 1.80 bits per heavy atom. The van der Waals surface area contributed by atoms with Crippen LogP contribution in [0, 0.1) is 11.8 Å². The normalized spacial score (nSPS) is 31.3. The number of morpholine rings is 1. The van der Waals surface area contributed by atoms with E-state index in [0.717, 1.165) is 25.9 Å². The van der Waals surface area contributed by atoms with E-state index >= 15 is 0 Å². The van der Waals surface area contributed by atoms with E-state index < -0.39 is 29.6 Å². The van der Waals surface area contributed by atoms with E-state index in [9.17, 15) is 14.4 Å². The summed E-state index contributed by atoms with van der Waals surface area (Å²) in [6.45, 7) is 13.1. The molecule has 4 fully saturated rings. The van der Waals surface area contributed by atoms with Crippen LogP contribution in [0.4, 0.5) is 0 Å². The Labute approximate surface area is 246 Å². The van der Waals surface area contributed by atoms with Crippen molar-refractivity contribution >= 4 is 33.7 Å². The van der Waals surface area contributed by atoms with E-state index in [4.69, 9.17) is 14.6 Å². The van der Waals surface area contributed by atoms with Crippen molar-refractivity contribution in [3.8, 4) is 0 Å². The molecule has 0 saturated carbocycles. The maximum Gasteiger partial charge on any atom is 0.248 e. The van der Waals surface area contributed by atoms with Gasteiger partial charge in [-0.25, -0.2) is 0 Å². The fraction of sp³-hybridized carbons (Fsp3) is 0.759. The van der Waals surface area contributed by atoms with Crippen LogP contribution in [-0.4, -0.2) is 138 Å². The molecule has 1 spiro atoms. The molecule has 6 atom stereocenters. The third-order valence-electron chi connectivity index (χ3n) is 8.85. The molecular formula is C29H45BrN4O6. The molecule has 0 aromatic heterocycles. The molecule has 0 aromatic carbocycles. The molecule has 4 heterocycles. The second kappa shape index (κ2) is 13.9. The number of hydrogen-bond donors (Lipinski definition) is 1. The first-order valence-electron chi connectivity index (χ1n) is 14.6. The van der Waals surface area contributed by atoms with Gasteiger partial charge in [-0.3, -0.25) is 19.3 Å². The predicted molar refractivity (Wildman–Crippen MR) is 155 cm³/mol. The van der Waals surface area contributed by atoms with Gasteiger partial charge in [0.05, 0.1) is 31.2 Å². The number of alkyl halides is 1. The van der Waals surface area contributed by atoms with Crippen molar-refractivity contribution in [2.75, 3.05) is 72.7 Å². The lowest BCUT2D eigenvalue weighted by molar-refractivity contribution is -0.148. The van der Waals surface area contributed by atoms with Crippen molar-refractivity contribution in [3.05, 3.63) is 25.3 Å². The molecule has 224 valence electrons. The van der Waals surface area contributed by atoms with Crippen molar-refractivity contribution in [1.82, 2.24) is 19.6 Å². The monoisotopic (exact) mass is 624 g/mol. The minimum atomic E-state index is -1.06. The summed E-state index contributed by atoms with van der Waals surface area (Å²) < 4.78 is 12.1. The highest BCUT2D eigenvalue weighted by Crippen LogP contribution is 2.60. The molecule has 1 N–H and O–H groups in total. The van der Waals surface area contributed by atoms with Gasteiger partial charge in [0.1, 0.15) is 11.6 Å². The minimum Gasteiger partial charge on any atom is -0.396 e. The summed E-state index contributed by atoms with van der Waals surface area (Å²) in [7, 11) is 1.71. The van der Waals surface area contributed by atoms with Crippen molar-refractivity contribution in [2.45, 2.75) is 54.7 Å². The van der Waals surface area contributed by atoms with Crippen LogP contribution in [0.5, 0.6) is 0 Å². The first-order valence-corrected chi connectivity index (χ1v) is 15.5. The number of aliphatic hydroxyl groups excluding tert-OH is 1. The number of aliphatic hydroxyl groups is 1. The number of nitrogens with zero attached hydrogens (tertiary/aromatic N) is 4. The third kappa shape index (κ3) is 6.04. The molecule has 11 heteroatoms. The summed E-state index contributed by atoms with van der Waals surface area (Å²) in [5, 5.41) is 9.16. The van der Waals surface area contributed by atoms with Gasteiger partial charge in [-0.2, -0.15) is 0 Å². The molecule has 0 aromatic rings. The highest BCUT2D eigenvalue weighted by Gasteiger charge is 2.76. The molecule has 0 radical (unpaired) electrons. The standard InChI is InChI=1S/C29H45BrN4O6/c1-4-10-31(3)26(36)22-23-27(37)34(12-8-6-7-9-17-35)25(29(23)20-21(30)24(22)40-29)28(38)33(11-5-2)14-13-32-15-18-39-19-16-32/h4-5,21-25,35H,1-2,6-20H2,3H3/t21?,22-,23-,24-,25?,29?/m0/s1. The summed E-state index contributed by atoms with van der Waals surface area (Å²) >= 11 is 3.74. The van der Waals surface area contributed by atoms with Gasteiger partial charge in [-0.05, 0) is 19.3 Å². The molecule has 40 heavy (non-hydrogen) atoms. The maximum absolute atomic E-state index is 14.4. The maximum atomic E-state index is 14.4. The molecule has 10 nitrogen and oxygen atoms in total. The van der Waals surface area contributed by atoms with E-state index in [2.05, 4.69) is 34.0 Å². The second-order valence-corrected chi connectivity index (χ2v) is 12.5. The minimum absolute atomic E-state index is 0.136. The fourth-order valence-electron chi connectivity index (χ4n) is 6.92. The predicted octanol–water partition coefficient (Wildman–Crippen LogP) is 1.28. The Kier molecular flexibility index (Phi) is 10.8. The van der Waals surface area contributed by atoms with Gasteiger partial charge in [-0.1, -0.05) is 40.9 Å². The molecule has 4 rings (SSSR count). The lowest BCUT2D eigenvalue weighted by Crippen LogP contribution is -2.57. The number of likely N-dealkylation sites (N-methyl/N-ethyl adjacent to an activating group) is 1. The zero-order valence-electron chi connectivity index (χ0n) is 23.7.